The second kappa shape index (κ2) is 13.2. The van der Waals surface area contributed by atoms with Crippen LogP contribution in [0.4, 0.5) is 5.69 Å². The van der Waals surface area contributed by atoms with Gasteiger partial charge in [-0.25, -0.2) is 42.1 Å². The highest BCUT2D eigenvalue weighted by Gasteiger charge is 2.50. The van der Waals surface area contributed by atoms with Crippen LogP contribution in [0.5, 0.6) is 0 Å². The molecule has 1 rings (SSSR count). The minimum Gasteiger partial charge on any atom is -0.381 e. The molecule has 11 nitrogen and oxygen atoms in total. The monoisotopic (exact) mass is 477 g/mol. The summed E-state index contributed by atoms with van der Waals surface area (Å²) >= 11 is 0. The number of nitrogens with one attached hydrogen (secondary N) is 1. The molecule has 0 aliphatic carbocycles. The number of para-hydroxylation sites is 1. The number of benzene rings is 1. The van der Waals surface area contributed by atoms with Crippen LogP contribution in [-0.4, -0.2) is 11.9 Å². The fourth-order valence-electron chi connectivity index (χ4n) is 2.80. The zero-order chi connectivity index (χ0) is 23.5. The maximum atomic E-state index is 12.6. The largest absolute Gasteiger partial charge is 0.381 e. The van der Waals surface area contributed by atoms with Crippen molar-refractivity contribution in [1.82, 2.24) is 0 Å². The highest BCUT2D eigenvalue weighted by molar-refractivity contribution is 7.72. The van der Waals surface area contributed by atoms with Gasteiger partial charge in [0.05, 0.1) is 0 Å². The van der Waals surface area contributed by atoms with Gasteiger partial charge >= 0.3 is 15.2 Å². The van der Waals surface area contributed by atoms with E-state index in [4.69, 9.17) is 23.6 Å². The number of anilines is 1. The Balaban J connectivity index is 2.72. The van der Waals surface area contributed by atoms with E-state index in [2.05, 4.69) is 42.9 Å². The molecular weight excluding hydrogens is 444 g/mol. The molecule has 9 N–H and O–H groups in total. The predicted octanol–water partition coefficient (Wildman–Crippen LogP) is 3.74. The van der Waals surface area contributed by atoms with Crippen molar-refractivity contribution in [2.24, 2.45) is 23.6 Å². The van der Waals surface area contributed by atoms with Crippen LogP contribution in [0, 0.1) is 6.92 Å². The van der Waals surface area contributed by atoms with Gasteiger partial charge in [-0.3, -0.25) is 9.13 Å². The molecule has 0 aromatic heterocycles. The molecule has 0 unspecified atom stereocenters. The highest BCUT2D eigenvalue weighted by atomic mass is 31.2. The predicted molar refractivity (Wildman–Crippen MR) is 121 cm³/mol. The van der Waals surface area contributed by atoms with Crippen molar-refractivity contribution >= 4 is 20.9 Å². The third-order valence-corrected chi connectivity index (χ3v) is 9.48. The summed E-state index contributed by atoms with van der Waals surface area (Å²) < 4.78 is 42.5. The first-order chi connectivity index (χ1) is 14.7. The molecule has 0 amide bonds. The zero-order valence-corrected chi connectivity index (χ0v) is 19.8. The first kappa shape index (κ1) is 27.7. The maximum Gasteiger partial charge on any atom is 0.378 e. The van der Waals surface area contributed by atoms with Crippen molar-refractivity contribution in [3.8, 4) is 0 Å². The van der Waals surface area contributed by atoms with Crippen LogP contribution < -0.4 is 28.9 Å². The molecule has 0 bridgehead atoms. The molecule has 0 aliphatic rings. The molecule has 1 aromatic rings. The van der Waals surface area contributed by atoms with Gasteiger partial charge in [-0.05, 0) is 51.7 Å². The second-order valence-electron chi connectivity index (χ2n) is 7.03. The number of rotatable bonds is 14. The Morgan fingerprint density at radius 2 is 1.52 bits per heavy atom. The maximum absolute atomic E-state index is 12.6. The summed E-state index contributed by atoms with van der Waals surface area (Å²) in [6.45, 7) is 6.69. The van der Waals surface area contributed by atoms with Crippen molar-refractivity contribution in [2.45, 2.75) is 45.4 Å². The lowest BCUT2D eigenvalue weighted by Crippen LogP contribution is -2.22. The molecule has 13 heteroatoms. The number of hydrogen-bond donors (Lipinski definition) is 5. The number of allylic oxidation sites excluding steroid dienone is 3. The normalized spacial score (nSPS) is 13.7. The lowest BCUT2D eigenvalue weighted by atomic mass is 10.1. The quantitative estimate of drug-likeness (QED) is 0.149. The van der Waals surface area contributed by atoms with E-state index in [0.29, 0.717) is 6.42 Å². The summed E-state index contributed by atoms with van der Waals surface area (Å²) in [5.41, 5.74) is 4.38. The summed E-state index contributed by atoms with van der Waals surface area (Å²) in [6, 6.07) is 8.08. The van der Waals surface area contributed by atoms with E-state index < -0.39 is 20.6 Å². The smallest absolute Gasteiger partial charge is 0.378 e. The van der Waals surface area contributed by atoms with Gasteiger partial charge in [0.25, 0.3) is 0 Å². The standard InChI is InChI=1S/C18H33N5O6P2/c1-14(7-6-8-15(2)13-23-17-10-5-4-9-16(17)3)11-12-18(30(24,26-19)27-20)31(25,28-21)29-22/h4-5,8-11,18,23H,6-7,12-13,19-22H2,1-3H3/b14-11+,15-8+. The van der Waals surface area contributed by atoms with Gasteiger partial charge in [-0.1, -0.05) is 41.5 Å². The molecule has 31 heavy (non-hydrogen) atoms. The van der Waals surface area contributed by atoms with Gasteiger partial charge in [0.1, 0.15) is 0 Å². The van der Waals surface area contributed by atoms with Crippen LogP contribution in [0.3, 0.4) is 0 Å². The van der Waals surface area contributed by atoms with Gasteiger partial charge in [-0.15, -0.1) is 0 Å². The summed E-state index contributed by atoms with van der Waals surface area (Å²) in [6.07, 6.45) is 5.14. The molecular formula is C18H33N5O6P2. The van der Waals surface area contributed by atoms with Gasteiger partial charge in [0.2, 0.25) is 0 Å². The molecule has 0 spiro atoms. The van der Waals surface area contributed by atoms with Gasteiger partial charge in [-0.2, -0.15) is 0 Å². The Hall–Kier alpha value is -1.36. The number of hydrogen-bond acceptors (Lipinski definition) is 11. The van der Waals surface area contributed by atoms with Crippen LogP contribution in [0.1, 0.15) is 38.7 Å². The fourth-order valence-corrected chi connectivity index (χ4v) is 6.22. The van der Waals surface area contributed by atoms with E-state index in [1.165, 1.54) is 11.1 Å². The molecule has 0 aliphatic heterocycles. The van der Waals surface area contributed by atoms with E-state index in [1.54, 1.807) is 6.08 Å². The molecule has 0 atom stereocenters. The Morgan fingerprint density at radius 3 is 2.03 bits per heavy atom. The van der Waals surface area contributed by atoms with Crippen molar-refractivity contribution in [1.29, 1.82) is 0 Å². The van der Waals surface area contributed by atoms with Gasteiger partial charge in [0.15, 0.2) is 5.40 Å². The Labute approximate surface area is 183 Å². The summed E-state index contributed by atoms with van der Waals surface area (Å²) in [4.78, 5) is 0. The minimum atomic E-state index is -4.27. The van der Waals surface area contributed by atoms with E-state index in [9.17, 15) is 9.13 Å². The zero-order valence-electron chi connectivity index (χ0n) is 18.0. The van der Waals surface area contributed by atoms with Crippen LogP contribution in [-0.2, 0) is 27.6 Å². The molecule has 176 valence electrons. The lowest BCUT2D eigenvalue weighted by Gasteiger charge is -2.26. The Bertz CT molecular complexity index is 822. The molecule has 0 fully saturated rings. The van der Waals surface area contributed by atoms with E-state index >= 15 is 0 Å². The van der Waals surface area contributed by atoms with Gasteiger partial charge < -0.3 is 5.32 Å². The van der Waals surface area contributed by atoms with Crippen molar-refractivity contribution in [3.63, 3.8) is 0 Å². The average Bonchev–Trinajstić information content (AvgIpc) is 2.78. The third kappa shape index (κ3) is 8.25. The van der Waals surface area contributed by atoms with Crippen molar-refractivity contribution in [3.05, 3.63) is 53.1 Å². The van der Waals surface area contributed by atoms with E-state index in [0.717, 1.165) is 24.2 Å². The molecule has 1 aromatic carbocycles. The van der Waals surface area contributed by atoms with Crippen molar-refractivity contribution in [2.75, 3.05) is 11.9 Å². The fraction of sp³-hybridized carbons (Fsp3) is 0.444. The van der Waals surface area contributed by atoms with Gasteiger partial charge in [0, 0.05) is 12.2 Å². The Morgan fingerprint density at radius 1 is 0.968 bits per heavy atom. The minimum absolute atomic E-state index is 0.124. The topological polar surface area (TPSA) is 187 Å². The first-order valence-corrected chi connectivity index (χ1v) is 12.7. The van der Waals surface area contributed by atoms with Crippen LogP contribution >= 0.6 is 15.2 Å². The van der Waals surface area contributed by atoms with Crippen LogP contribution in [0.15, 0.2) is 47.6 Å². The molecule has 0 saturated carbocycles. The SMILES string of the molecule is C/C(=C\CC(P(=O)(ON)ON)P(=O)(ON)ON)CC/C=C(\C)CNc1ccccc1C. The highest BCUT2D eigenvalue weighted by Crippen LogP contribution is 2.69. The first-order valence-electron chi connectivity index (χ1n) is 9.49. The van der Waals surface area contributed by atoms with Crippen LogP contribution in [0.25, 0.3) is 0 Å². The van der Waals surface area contributed by atoms with E-state index in [-0.39, 0.29) is 6.42 Å². The van der Waals surface area contributed by atoms with E-state index in [1.807, 2.05) is 32.0 Å². The molecule has 0 heterocycles. The number of aryl methyl sites for hydroxylation is 1. The lowest BCUT2D eigenvalue weighted by molar-refractivity contribution is 0.186. The third-order valence-electron chi connectivity index (χ3n) is 4.73. The summed E-state index contributed by atoms with van der Waals surface area (Å²) in [5, 5.41) is 1.87. The number of nitrogens with two attached hydrogens (primary N) is 4. The average molecular weight is 477 g/mol. The molecule has 0 saturated heterocycles. The summed E-state index contributed by atoms with van der Waals surface area (Å²) in [5.74, 6) is 20.0. The second-order valence-corrected chi connectivity index (χ2v) is 11.7. The Kier molecular flexibility index (Phi) is 11.8. The summed E-state index contributed by atoms with van der Waals surface area (Å²) in [7, 11) is -8.54. The van der Waals surface area contributed by atoms with Crippen molar-refractivity contribution < 1.29 is 27.6 Å². The van der Waals surface area contributed by atoms with Crippen LogP contribution in [0.2, 0.25) is 0 Å². The molecule has 0 radical (unpaired) electrons.